The van der Waals surface area contributed by atoms with Gasteiger partial charge in [0.15, 0.2) is 5.82 Å². The highest BCUT2D eigenvalue weighted by molar-refractivity contribution is 9.10. The van der Waals surface area contributed by atoms with E-state index in [4.69, 9.17) is 9.26 Å². The van der Waals surface area contributed by atoms with Crippen LogP contribution in [0, 0.1) is 6.92 Å². The molecule has 0 saturated heterocycles. The van der Waals surface area contributed by atoms with Crippen LogP contribution < -0.4 is 10.1 Å². The van der Waals surface area contributed by atoms with Crippen molar-refractivity contribution in [3.8, 4) is 5.75 Å². The Morgan fingerprint density at radius 3 is 2.95 bits per heavy atom. The lowest BCUT2D eigenvalue weighted by Gasteiger charge is -2.08. The molecule has 21 heavy (non-hydrogen) atoms. The maximum absolute atomic E-state index is 11.8. The van der Waals surface area contributed by atoms with Crippen molar-refractivity contribution in [3.05, 3.63) is 40.1 Å². The number of nitrogens with one attached hydrogen (secondary N) is 1. The van der Waals surface area contributed by atoms with Crippen LogP contribution in [0.3, 0.4) is 0 Å². The van der Waals surface area contributed by atoms with E-state index in [2.05, 4.69) is 26.4 Å². The van der Waals surface area contributed by atoms with Gasteiger partial charge in [0.1, 0.15) is 11.5 Å². The van der Waals surface area contributed by atoms with Crippen LogP contribution in [0.2, 0.25) is 0 Å². The first-order valence-corrected chi connectivity index (χ1v) is 8.16. The third-order valence-electron chi connectivity index (χ3n) is 2.63. The highest BCUT2D eigenvalue weighted by Gasteiger charge is 2.08. The number of aryl methyl sites for hydroxylation is 1. The number of ether oxygens (including phenoxy) is 1. The van der Waals surface area contributed by atoms with Gasteiger partial charge in [0, 0.05) is 21.9 Å². The molecular formula is C14H15BrN2O3S. The van der Waals surface area contributed by atoms with E-state index < -0.39 is 0 Å². The lowest BCUT2D eigenvalue weighted by molar-refractivity contribution is -0.113. The van der Waals surface area contributed by atoms with Crippen LogP contribution in [0.1, 0.15) is 11.3 Å². The minimum Gasteiger partial charge on any atom is -0.496 e. The lowest BCUT2D eigenvalue weighted by Crippen LogP contribution is -2.14. The predicted octanol–water partition coefficient (Wildman–Crippen LogP) is 3.63. The van der Waals surface area contributed by atoms with Gasteiger partial charge in [-0.3, -0.25) is 4.79 Å². The zero-order valence-electron chi connectivity index (χ0n) is 11.7. The number of carbonyl (C=O) groups is 1. The molecule has 1 N–H and O–H groups in total. The van der Waals surface area contributed by atoms with Crippen LogP contribution in [0.5, 0.6) is 5.75 Å². The van der Waals surface area contributed by atoms with Gasteiger partial charge in [0.05, 0.1) is 12.9 Å². The molecule has 112 valence electrons. The van der Waals surface area contributed by atoms with Gasteiger partial charge < -0.3 is 14.6 Å². The van der Waals surface area contributed by atoms with Crippen molar-refractivity contribution in [1.29, 1.82) is 0 Å². The van der Waals surface area contributed by atoms with E-state index in [1.165, 1.54) is 11.8 Å². The second-order valence-corrected chi connectivity index (χ2v) is 6.22. The summed E-state index contributed by atoms with van der Waals surface area (Å²) in [7, 11) is 1.64. The molecule has 0 unspecified atom stereocenters. The third-order valence-corrected chi connectivity index (χ3v) is 4.10. The molecule has 0 aliphatic carbocycles. The Balaban J connectivity index is 1.84. The first kappa shape index (κ1) is 15.9. The molecule has 0 bridgehead atoms. The van der Waals surface area contributed by atoms with Crippen LogP contribution in [-0.4, -0.2) is 23.9 Å². The highest BCUT2D eigenvalue weighted by atomic mass is 79.9. The monoisotopic (exact) mass is 370 g/mol. The maximum atomic E-state index is 11.8. The fourth-order valence-electron chi connectivity index (χ4n) is 1.72. The van der Waals surface area contributed by atoms with Gasteiger partial charge >= 0.3 is 0 Å². The normalized spacial score (nSPS) is 10.4. The van der Waals surface area contributed by atoms with E-state index in [9.17, 15) is 4.79 Å². The number of hydrogen-bond acceptors (Lipinski definition) is 5. The lowest BCUT2D eigenvalue weighted by atomic mass is 10.2. The number of carbonyl (C=O) groups excluding carboxylic acids is 1. The summed E-state index contributed by atoms with van der Waals surface area (Å²) in [6, 6.07) is 7.50. The number of nitrogens with zero attached hydrogens (tertiary/aromatic N) is 1. The van der Waals surface area contributed by atoms with Crippen molar-refractivity contribution in [2.45, 2.75) is 12.7 Å². The Hall–Kier alpha value is -1.47. The fraction of sp³-hybridized carbons (Fsp3) is 0.286. The number of methoxy groups -OCH3 is 1. The zero-order chi connectivity index (χ0) is 15.2. The van der Waals surface area contributed by atoms with Gasteiger partial charge in [-0.05, 0) is 25.1 Å². The zero-order valence-corrected chi connectivity index (χ0v) is 14.1. The molecule has 0 spiro atoms. The molecule has 1 heterocycles. The first-order chi connectivity index (χ1) is 10.1. The molecule has 1 amide bonds. The number of benzene rings is 1. The summed E-state index contributed by atoms with van der Waals surface area (Å²) >= 11 is 4.94. The van der Waals surface area contributed by atoms with Crippen molar-refractivity contribution in [2.24, 2.45) is 0 Å². The molecule has 0 aliphatic rings. The smallest absolute Gasteiger partial charge is 0.235 e. The molecule has 5 nitrogen and oxygen atoms in total. The number of hydrogen-bond donors (Lipinski definition) is 1. The van der Waals surface area contributed by atoms with Gasteiger partial charge in [-0.2, -0.15) is 0 Å². The summed E-state index contributed by atoms with van der Waals surface area (Å²) in [5.41, 5.74) is 1.04. The van der Waals surface area contributed by atoms with Crippen molar-refractivity contribution in [1.82, 2.24) is 5.16 Å². The highest BCUT2D eigenvalue weighted by Crippen LogP contribution is 2.26. The van der Waals surface area contributed by atoms with Crippen LogP contribution in [-0.2, 0) is 10.5 Å². The minimum absolute atomic E-state index is 0.109. The number of rotatable bonds is 6. The molecule has 1 aromatic heterocycles. The SMILES string of the molecule is COc1ccc(Br)cc1CSCC(=O)Nc1cc(C)on1. The Labute approximate surface area is 135 Å². The van der Waals surface area contributed by atoms with Gasteiger partial charge in [-0.25, -0.2) is 0 Å². The van der Waals surface area contributed by atoms with Crippen molar-refractivity contribution >= 4 is 39.4 Å². The molecule has 7 heteroatoms. The van der Waals surface area contributed by atoms with E-state index in [0.717, 1.165) is 15.8 Å². The molecule has 1 aromatic carbocycles. The Morgan fingerprint density at radius 2 is 2.29 bits per heavy atom. The summed E-state index contributed by atoms with van der Waals surface area (Å²) in [4.78, 5) is 11.8. The van der Waals surface area contributed by atoms with Crippen molar-refractivity contribution in [3.63, 3.8) is 0 Å². The van der Waals surface area contributed by atoms with Crippen LogP contribution in [0.4, 0.5) is 5.82 Å². The Kier molecular flexibility index (Phi) is 5.69. The summed E-state index contributed by atoms with van der Waals surface area (Å²) < 4.78 is 11.2. The minimum atomic E-state index is -0.109. The molecule has 0 atom stereocenters. The van der Waals surface area contributed by atoms with Crippen molar-refractivity contribution in [2.75, 3.05) is 18.2 Å². The van der Waals surface area contributed by atoms with Gasteiger partial charge in [0.25, 0.3) is 0 Å². The fourth-order valence-corrected chi connectivity index (χ4v) is 2.93. The predicted molar refractivity (Wildman–Crippen MR) is 86.7 cm³/mol. The summed E-state index contributed by atoms with van der Waals surface area (Å²) in [6.45, 7) is 1.77. The quantitative estimate of drug-likeness (QED) is 0.840. The van der Waals surface area contributed by atoms with E-state index in [-0.39, 0.29) is 5.91 Å². The van der Waals surface area contributed by atoms with Gasteiger partial charge in [-0.1, -0.05) is 21.1 Å². The average molecular weight is 371 g/mol. The summed E-state index contributed by atoms with van der Waals surface area (Å²) in [5.74, 6) is 2.84. The van der Waals surface area contributed by atoms with Crippen molar-refractivity contribution < 1.29 is 14.1 Å². The number of halogens is 1. The second-order valence-electron chi connectivity index (χ2n) is 4.32. The van der Waals surface area contributed by atoms with Crippen LogP contribution >= 0.6 is 27.7 Å². The Morgan fingerprint density at radius 1 is 1.48 bits per heavy atom. The van der Waals surface area contributed by atoms with Gasteiger partial charge in [-0.15, -0.1) is 11.8 Å². The third kappa shape index (κ3) is 4.78. The van der Waals surface area contributed by atoms with Crippen LogP contribution in [0.15, 0.2) is 33.3 Å². The van der Waals surface area contributed by atoms with E-state index in [1.807, 2.05) is 18.2 Å². The molecule has 0 fully saturated rings. The number of amides is 1. The first-order valence-electron chi connectivity index (χ1n) is 6.22. The summed E-state index contributed by atoms with van der Waals surface area (Å²) in [6.07, 6.45) is 0. The molecule has 0 aliphatic heterocycles. The van der Waals surface area contributed by atoms with E-state index >= 15 is 0 Å². The standard InChI is InChI=1S/C14H15BrN2O3S/c1-9-5-13(17-20-9)16-14(18)8-21-7-10-6-11(15)3-4-12(10)19-2/h3-6H,7-8H2,1-2H3,(H,16,17,18). The Bertz CT molecular complexity index is 630. The molecular weight excluding hydrogens is 356 g/mol. The number of anilines is 1. The topological polar surface area (TPSA) is 64.4 Å². The van der Waals surface area contributed by atoms with Crippen LogP contribution in [0.25, 0.3) is 0 Å². The average Bonchev–Trinajstić information content (AvgIpc) is 2.84. The summed E-state index contributed by atoms with van der Waals surface area (Å²) in [5, 5.41) is 6.40. The molecule has 0 radical (unpaired) electrons. The molecule has 2 rings (SSSR count). The number of aromatic nitrogens is 1. The number of thioether (sulfide) groups is 1. The van der Waals surface area contributed by atoms with Gasteiger partial charge in [0.2, 0.25) is 5.91 Å². The largest absolute Gasteiger partial charge is 0.496 e. The maximum Gasteiger partial charge on any atom is 0.235 e. The second kappa shape index (κ2) is 7.51. The molecule has 0 saturated carbocycles. The van der Waals surface area contributed by atoms with E-state index in [1.54, 1.807) is 20.1 Å². The molecule has 2 aromatic rings. The van der Waals surface area contributed by atoms with E-state index in [0.29, 0.717) is 23.1 Å².